The minimum absolute atomic E-state index is 0.871. The van der Waals surface area contributed by atoms with Gasteiger partial charge < -0.3 is 11.5 Å². The van der Waals surface area contributed by atoms with Gasteiger partial charge in [-0.05, 0) is 32.0 Å². The monoisotopic (exact) mass is 436 g/mol. The van der Waals surface area contributed by atoms with E-state index in [0.717, 1.165) is 13.0 Å². The van der Waals surface area contributed by atoms with Crippen molar-refractivity contribution in [1.29, 1.82) is 0 Å². The molecule has 0 radical (unpaired) electrons. The largest absolute Gasteiger partial charge is 0.405 e. The summed E-state index contributed by atoms with van der Waals surface area (Å²) < 4.78 is 0. The summed E-state index contributed by atoms with van der Waals surface area (Å²) in [4.78, 5) is 0. The quantitative estimate of drug-likeness (QED) is 0.126. The lowest BCUT2D eigenvalue weighted by molar-refractivity contribution is 0.516. The Hall–Kier alpha value is -0.500. The summed E-state index contributed by atoms with van der Waals surface area (Å²) >= 11 is 0. The summed E-state index contributed by atoms with van der Waals surface area (Å²) in [6.07, 6.45) is 40.7. The van der Waals surface area contributed by atoms with E-state index in [1.54, 1.807) is 6.20 Å². The molecule has 0 spiro atoms. The molecule has 0 aliphatic carbocycles. The Morgan fingerprint density at radius 3 is 0.774 bits per heavy atom. The highest BCUT2D eigenvalue weighted by Gasteiger charge is 1.96. The molecule has 0 unspecified atom stereocenters. The molecule has 0 heterocycles. The van der Waals surface area contributed by atoms with Gasteiger partial charge in [0, 0.05) is 0 Å². The topological polar surface area (TPSA) is 52.0 Å². The first-order valence-electron chi connectivity index (χ1n) is 14.5. The van der Waals surface area contributed by atoms with Crippen LogP contribution in [0.25, 0.3) is 0 Å². The maximum atomic E-state index is 5.53. The van der Waals surface area contributed by atoms with Crippen molar-refractivity contribution in [1.82, 2.24) is 0 Å². The lowest BCUT2D eigenvalue weighted by Gasteiger charge is -2.04. The van der Waals surface area contributed by atoms with Crippen molar-refractivity contribution in [2.24, 2.45) is 11.5 Å². The van der Waals surface area contributed by atoms with Crippen LogP contribution in [0.5, 0.6) is 0 Å². The number of hydrogen-bond acceptors (Lipinski definition) is 2. The van der Waals surface area contributed by atoms with Gasteiger partial charge in [0.05, 0.1) is 0 Å². The fourth-order valence-electron chi connectivity index (χ4n) is 4.57. The Bertz CT molecular complexity index is 327. The van der Waals surface area contributed by atoms with Crippen LogP contribution in [0.4, 0.5) is 0 Å². The van der Waals surface area contributed by atoms with Crippen molar-refractivity contribution in [3.8, 4) is 0 Å². The predicted molar refractivity (Wildman–Crippen MR) is 142 cm³/mol. The highest BCUT2D eigenvalue weighted by Crippen LogP contribution is 2.15. The Labute approximate surface area is 197 Å². The van der Waals surface area contributed by atoms with Gasteiger partial charge in [-0.2, -0.15) is 0 Å². The van der Waals surface area contributed by atoms with Crippen molar-refractivity contribution in [2.45, 2.75) is 167 Å². The van der Waals surface area contributed by atoms with Crippen LogP contribution in [0, 0.1) is 0 Å². The number of allylic oxidation sites excluding steroid dienone is 1. The van der Waals surface area contributed by atoms with E-state index in [4.69, 9.17) is 11.5 Å². The molecule has 0 aromatic rings. The van der Waals surface area contributed by atoms with E-state index in [-0.39, 0.29) is 0 Å². The molecule has 0 fully saturated rings. The Balaban J connectivity index is 2.99. The van der Waals surface area contributed by atoms with Gasteiger partial charge in [-0.1, -0.05) is 154 Å². The lowest BCUT2D eigenvalue weighted by Crippen LogP contribution is -1.97. The molecular weight excluding hydrogens is 376 g/mol. The smallest absolute Gasteiger partial charge is 0.00773 e. The van der Waals surface area contributed by atoms with Crippen LogP contribution in [-0.4, -0.2) is 6.54 Å². The van der Waals surface area contributed by atoms with Crippen molar-refractivity contribution in [3.63, 3.8) is 0 Å². The first kappa shape index (κ1) is 30.5. The highest BCUT2D eigenvalue weighted by atomic mass is 14.5. The summed E-state index contributed by atoms with van der Waals surface area (Å²) in [5.41, 5.74) is 10.9. The SMILES string of the molecule is NC=CCCCCCCCCCCCCCCCCCCCCCCCCCCCN. The fraction of sp³-hybridized carbons (Fsp3) is 0.931. The first-order chi connectivity index (χ1) is 15.4. The van der Waals surface area contributed by atoms with Gasteiger partial charge in [0.2, 0.25) is 0 Å². The summed E-state index contributed by atoms with van der Waals surface area (Å²) in [6, 6.07) is 0. The standard InChI is InChI=1S/C29H60N2/c30-28-26-24-22-20-18-16-14-12-10-8-6-4-2-1-3-5-7-9-11-13-15-17-19-21-23-25-27-29-31/h26,28H,1-25,27,29-31H2. The third-order valence-corrected chi connectivity index (χ3v) is 6.71. The van der Waals surface area contributed by atoms with Gasteiger partial charge in [0.15, 0.2) is 0 Å². The second kappa shape index (κ2) is 29.5. The third-order valence-electron chi connectivity index (χ3n) is 6.71. The number of nitrogens with two attached hydrogens (primary N) is 2. The average Bonchev–Trinajstić information content (AvgIpc) is 2.78. The summed E-state index contributed by atoms with van der Waals surface area (Å²) in [6.45, 7) is 0.871. The van der Waals surface area contributed by atoms with E-state index in [1.165, 1.54) is 161 Å². The molecule has 0 bridgehead atoms. The van der Waals surface area contributed by atoms with E-state index in [0.29, 0.717) is 0 Å². The van der Waals surface area contributed by atoms with E-state index in [9.17, 15) is 0 Å². The zero-order valence-corrected chi connectivity index (χ0v) is 21.4. The van der Waals surface area contributed by atoms with Crippen molar-refractivity contribution in [2.75, 3.05) is 6.54 Å². The van der Waals surface area contributed by atoms with Gasteiger partial charge >= 0.3 is 0 Å². The van der Waals surface area contributed by atoms with Gasteiger partial charge in [0.25, 0.3) is 0 Å². The van der Waals surface area contributed by atoms with E-state index < -0.39 is 0 Å². The second-order valence-corrected chi connectivity index (χ2v) is 9.84. The van der Waals surface area contributed by atoms with Crippen LogP contribution in [0.15, 0.2) is 12.3 Å². The first-order valence-corrected chi connectivity index (χ1v) is 14.5. The molecule has 4 N–H and O–H groups in total. The van der Waals surface area contributed by atoms with E-state index in [2.05, 4.69) is 6.08 Å². The minimum atomic E-state index is 0.871. The van der Waals surface area contributed by atoms with Gasteiger partial charge in [0.1, 0.15) is 0 Å². The third kappa shape index (κ3) is 29.5. The summed E-state index contributed by atoms with van der Waals surface area (Å²) in [5.74, 6) is 0. The molecule has 0 aliphatic rings. The zero-order chi connectivity index (χ0) is 22.5. The molecule has 0 saturated heterocycles. The Kier molecular flexibility index (Phi) is 29.0. The van der Waals surface area contributed by atoms with Crippen molar-refractivity contribution < 1.29 is 0 Å². The Morgan fingerprint density at radius 1 is 0.323 bits per heavy atom. The minimum Gasteiger partial charge on any atom is -0.405 e. The number of rotatable bonds is 27. The van der Waals surface area contributed by atoms with Crippen LogP contribution < -0.4 is 11.5 Å². The van der Waals surface area contributed by atoms with Crippen LogP contribution >= 0.6 is 0 Å². The molecule has 0 aromatic carbocycles. The highest BCUT2D eigenvalue weighted by molar-refractivity contribution is 4.74. The fourth-order valence-corrected chi connectivity index (χ4v) is 4.57. The molecule has 2 nitrogen and oxygen atoms in total. The summed E-state index contributed by atoms with van der Waals surface area (Å²) in [5, 5.41) is 0. The maximum absolute atomic E-state index is 5.53. The van der Waals surface area contributed by atoms with E-state index >= 15 is 0 Å². The lowest BCUT2D eigenvalue weighted by atomic mass is 10.0. The predicted octanol–water partition coefficient (Wildman–Crippen LogP) is 9.56. The van der Waals surface area contributed by atoms with Gasteiger partial charge in [-0.3, -0.25) is 0 Å². The van der Waals surface area contributed by atoms with Crippen molar-refractivity contribution in [3.05, 3.63) is 12.3 Å². The van der Waals surface area contributed by atoms with Crippen LogP contribution in [0.2, 0.25) is 0 Å². The van der Waals surface area contributed by atoms with Crippen LogP contribution in [0.1, 0.15) is 167 Å². The van der Waals surface area contributed by atoms with Gasteiger partial charge in [-0.25, -0.2) is 0 Å². The summed E-state index contributed by atoms with van der Waals surface area (Å²) in [7, 11) is 0. The van der Waals surface area contributed by atoms with Crippen molar-refractivity contribution >= 4 is 0 Å². The van der Waals surface area contributed by atoms with E-state index in [1.807, 2.05) is 0 Å². The maximum Gasteiger partial charge on any atom is -0.00773 e. The van der Waals surface area contributed by atoms with Gasteiger partial charge in [-0.15, -0.1) is 0 Å². The Morgan fingerprint density at radius 2 is 0.548 bits per heavy atom. The molecular formula is C29H60N2. The molecule has 186 valence electrons. The molecule has 0 atom stereocenters. The molecule has 2 heteroatoms. The molecule has 0 saturated carbocycles. The second-order valence-electron chi connectivity index (χ2n) is 9.84. The molecule has 31 heavy (non-hydrogen) atoms. The van der Waals surface area contributed by atoms with Crippen LogP contribution in [0.3, 0.4) is 0 Å². The number of unbranched alkanes of at least 4 members (excludes halogenated alkanes) is 25. The molecule has 0 aliphatic heterocycles. The number of hydrogen-bond donors (Lipinski definition) is 2. The zero-order valence-electron chi connectivity index (χ0n) is 21.4. The normalized spacial score (nSPS) is 11.6. The van der Waals surface area contributed by atoms with Crippen LogP contribution in [-0.2, 0) is 0 Å². The molecule has 0 aromatic heterocycles. The average molecular weight is 437 g/mol. The molecule has 0 amide bonds. The molecule has 0 rings (SSSR count).